The molecule has 4 nitrogen and oxygen atoms in total. The van der Waals surface area contributed by atoms with Gasteiger partial charge in [-0.15, -0.1) is 0 Å². The third-order valence-electron chi connectivity index (χ3n) is 6.11. The van der Waals surface area contributed by atoms with E-state index < -0.39 is 0 Å². The highest BCUT2D eigenvalue weighted by Crippen LogP contribution is 2.43. The first-order chi connectivity index (χ1) is 13.9. The Kier molecular flexibility index (Phi) is 5.17. The van der Waals surface area contributed by atoms with E-state index in [0.717, 1.165) is 23.0 Å². The van der Waals surface area contributed by atoms with Crippen LogP contribution in [0.3, 0.4) is 0 Å². The second-order valence-corrected chi connectivity index (χ2v) is 8.22. The van der Waals surface area contributed by atoms with Crippen LogP contribution in [-0.4, -0.2) is 14.7 Å². The Bertz CT molecular complexity index is 1050. The summed E-state index contributed by atoms with van der Waals surface area (Å²) in [7, 11) is 0. The third-order valence-corrected chi connectivity index (χ3v) is 6.43. The molecule has 1 N–H and O–H groups in total. The summed E-state index contributed by atoms with van der Waals surface area (Å²) >= 11 is 5.84. The normalized spacial score (nSPS) is 18.9. The van der Waals surface area contributed by atoms with Gasteiger partial charge in [0.1, 0.15) is 0 Å². The van der Waals surface area contributed by atoms with Crippen molar-refractivity contribution in [3.05, 3.63) is 82.4 Å². The number of rotatable bonds is 4. The van der Waals surface area contributed by atoms with Crippen molar-refractivity contribution in [1.29, 1.82) is 0 Å². The highest BCUT2D eigenvalue weighted by Gasteiger charge is 2.42. The molecule has 29 heavy (non-hydrogen) atoms. The standard InChI is InChI=1S/C24H28N4S/c1-6-27-17(4)14-20(18(27)5)23-22(21-9-7-8-12-25-21)26-24(29)28(23)19-11-10-15(2)16(3)13-19/h7-14,22-23H,6H2,1-5H3,(H,26,29). The van der Waals surface area contributed by atoms with Gasteiger partial charge in [-0.1, -0.05) is 12.1 Å². The summed E-state index contributed by atoms with van der Waals surface area (Å²) in [6, 6.07) is 15.0. The molecule has 0 amide bonds. The molecule has 0 saturated carbocycles. The Balaban J connectivity index is 1.89. The number of pyridine rings is 1. The maximum absolute atomic E-state index is 5.84. The lowest BCUT2D eigenvalue weighted by atomic mass is 9.96. The highest BCUT2D eigenvalue weighted by atomic mass is 32.1. The smallest absolute Gasteiger partial charge is 0.174 e. The Morgan fingerprint density at radius 3 is 2.45 bits per heavy atom. The van der Waals surface area contributed by atoms with Crippen LogP contribution >= 0.6 is 12.2 Å². The molecular weight excluding hydrogens is 376 g/mol. The molecule has 1 aliphatic rings. The first-order valence-corrected chi connectivity index (χ1v) is 10.6. The Hall–Kier alpha value is -2.66. The van der Waals surface area contributed by atoms with Gasteiger partial charge < -0.3 is 14.8 Å². The Morgan fingerprint density at radius 1 is 1.03 bits per heavy atom. The molecular formula is C24H28N4S. The number of thiocarbonyl (C=S) groups is 1. The lowest BCUT2D eigenvalue weighted by molar-refractivity contribution is 0.563. The third kappa shape index (κ3) is 3.33. The molecule has 3 heterocycles. The minimum atomic E-state index is -0.00360. The molecule has 0 bridgehead atoms. The van der Waals surface area contributed by atoms with Gasteiger partial charge in [0, 0.05) is 29.8 Å². The van der Waals surface area contributed by atoms with E-state index in [1.807, 2.05) is 18.3 Å². The van der Waals surface area contributed by atoms with Crippen LogP contribution in [0.1, 0.15) is 52.8 Å². The van der Waals surface area contributed by atoms with Crippen LogP contribution < -0.4 is 10.2 Å². The molecule has 1 saturated heterocycles. The molecule has 2 atom stereocenters. The summed E-state index contributed by atoms with van der Waals surface area (Å²) in [5.41, 5.74) is 8.54. The predicted octanol–water partition coefficient (Wildman–Crippen LogP) is 5.31. The minimum absolute atomic E-state index is 0.00360. The van der Waals surface area contributed by atoms with E-state index in [1.165, 1.54) is 28.1 Å². The van der Waals surface area contributed by atoms with Crippen LogP contribution in [0.5, 0.6) is 0 Å². The largest absolute Gasteiger partial charge is 0.351 e. The van der Waals surface area contributed by atoms with Crippen molar-refractivity contribution in [3.8, 4) is 0 Å². The molecule has 0 aliphatic carbocycles. The lowest BCUT2D eigenvalue weighted by Crippen LogP contribution is -2.29. The van der Waals surface area contributed by atoms with Crippen molar-refractivity contribution >= 4 is 23.0 Å². The van der Waals surface area contributed by atoms with E-state index in [9.17, 15) is 0 Å². The molecule has 1 aliphatic heterocycles. The Labute approximate surface area is 178 Å². The molecule has 1 fully saturated rings. The zero-order valence-electron chi connectivity index (χ0n) is 17.7. The van der Waals surface area contributed by atoms with E-state index in [2.05, 4.69) is 84.7 Å². The van der Waals surface area contributed by atoms with E-state index in [-0.39, 0.29) is 12.1 Å². The molecule has 4 rings (SSSR count). The quantitative estimate of drug-likeness (QED) is 0.597. The molecule has 150 valence electrons. The topological polar surface area (TPSA) is 33.1 Å². The van der Waals surface area contributed by atoms with Gasteiger partial charge in [0.15, 0.2) is 5.11 Å². The predicted molar refractivity (Wildman–Crippen MR) is 123 cm³/mol. The van der Waals surface area contributed by atoms with Gasteiger partial charge in [0.2, 0.25) is 0 Å². The zero-order valence-corrected chi connectivity index (χ0v) is 18.5. The van der Waals surface area contributed by atoms with Gasteiger partial charge >= 0.3 is 0 Å². The second kappa shape index (κ2) is 7.64. The van der Waals surface area contributed by atoms with Gasteiger partial charge in [0.05, 0.1) is 17.8 Å². The number of nitrogens with one attached hydrogen (secondary N) is 1. The van der Waals surface area contributed by atoms with Gasteiger partial charge in [-0.25, -0.2) is 0 Å². The van der Waals surface area contributed by atoms with Crippen molar-refractivity contribution in [1.82, 2.24) is 14.9 Å². The summed E-state index contributed by atoms with van der Waals surface area (Å²) in [5, 5.41) is 4.31. The van der Waals surface area contributed by atoms with Crippen LogP contribution in [0.25, 0.3) is 0 Å². The second-order valence-electron chi connectivity index (χ2n) is 7.84. The summed E-state index contributed by atoms with van der Waals surface area (Å²) in [5.74, 6) is 0. The number of aromatic nitrogens is 2. The molecule has 2 unspecified atom stereocenters. The first kappa shape index (κ1) is 19.6. The number of nitrogens with zero attached hydrogens (tertiary/aromatic N) is 3. The van der Waals surface area contributed by atoms with Crippen molar-refractivity contribution < 1.29 is 0 Å². The number of hydrogen-bond donors (Lipinski definition) is 1. The highest BCUT2D eigenvalue weighted by molar-refractivity contribution is 7.80. The molecule has 2 aromatic heterocycles. The van der Waals surface area contributed by atoms with Gasteiger partial charge in [-0.2, -0.15) is 0 Å². The maximum Gasteiger partial charge on any atom is 0.174 e. The van der Waals surface area contributed by atoms with E-state index >= 15 is 0 Å². The van der Waals surface area contributed by atoms with Gasteiger partial charge in [-0.05, 0) is 93.9 Å². The lowest BCUT2D eigenvalue weighted by Gasteiger charge is -2.28. The van der Waals surface area contributed by atoms with Crippen LogP contribution in [0.15, 0.2) is 48.7 Å². The molecule has 0 spiro atoms. The Morgan fingerprint density at radius 2 is 1.83 bits per heavy atom. The van der Waals surface area contributed by atoms with E-state index in [4.69, 9.17) is 12.2 Å². The van der Waals surface area contributed by atoms with Crippen molar-refractivity contribution in [3.63, 3.8) is 0 Å². The number of anilines is 1. The average molecular weight is 405 g/mol. The fourth-order valence-electron chi connectivity index (χ4n) is 4.44. The van der Waals surface area contributed by atoms with Crippen LogP contribution in [0.2, 0.25) is 0 Å². The molecule has 0 radical (unpaired) electrons. The monoisotopic (exact) mass is 404 g/mol. The summed E-state index contributed by atoms with van der Waals surface area (Å²) in [4.78, 5) is 6.92. The summed E-state index contributed by atoms with van der Waals surface area (Å²) < 4.78 is 2.37. The van der Waals surface area contributed by atoms with Crippen molar-refractivity contribution in [2.75, 3.05) is 4.90 Å². The van der Waals surface area contributed by atoms with Gasteiger partial charge in [-0.3, -0.25) is 4.98 Å². The average Bonchev–Trinajstić information content (AvgIpc) is 3.20. The molecule has 3 aromatic rings. The van der Waals surface area contributed by atoms with Crippen molar-refractivity contribution in [2.24, 2.45) is 0 Å². The molecule has 5 heteroatoms. The molecule has 1 aromatic carbocycles. The minimum Gasteiger partial charge on any atom is -0.351 e. The number of hydrogen-bond acceptors (Lipinski definition) is 2. The fraction of sp³-hybridized carbons (Fsp3) is 0.333. The maximum atomic E-state index is 5.84. The van der Waals surface area contributed by atoms with E-state index in [0.29, 0.717) is 0 Å². The number of aryl methyl sites for hydroxylation is 3. The van der Waals surface area contributed by atoms with Crippen molar-refractivity contribution in [2.45, 2.75) is 53.2 Å². The van der Waals surface area contributed by atoms with Crippen LogP contribution in [-0.2, 0) is 6.54 Å². The SMILES string of the molecule is CCn1c(C)cc(C2C(c3ccccn3)NC(=S)N2c2ccc(C)c(C)c2)c1C. The fourth-order valence-corrected chi connectivity index (χ4v) is 4.78. The summed E-state index contributed by atoms with van der Waals surface area (Å²) in [6.45, 7) is 11.8. The zero-order chi connectivity index (χ0) is 20.7. The summed E-state index contributed by atoms with van der Waals surface area (Å²) in [6.07, 6.45) is 1.85. The van der Waals surface area contributed by atoms with Crippen LogP contribution in [0, 0.1) is 27.7 Å². The van der Waals surface area contributed by atoms with E-state index in [1.54, 1.807) is 0 Å². The van der Waals surface area contributed by atoms with Gasteiger partial charge in [0.25, 0.3) is 0 Å². The van der Waals surface area contributed by atoms with Crippen LogP contribution in [0.4, 0.5) is 5.69 Å². The first-order valence-electron chi connectivity index (χ1n) is 10.2. The number of benzene rings is 1.